The molecule has 2 saturated carbocycles. The number of furan rings is 1. The Labute approximate surface area is 148 Å². The van der Waals surface area contributed by atoms with E-state index in [0.29, 0.717) is 30.0 Å². The molecule has 3 aliphatic rings. The van der Waals surface area contributed by atoms with E-state index < -0.39 is 0 Å². The van der Waals surface area contributed by atoms with Crippen molar-refractivity contribution in [3.63, 3.8) is 0 Å². The van der Waals surface area contributed by atoms with E-state index in [-0.39, 0.29) is 24.0 Å². The highest BCUT2D eigenvalue weighted by Gasteiger charge is 2.66. The van der Waals surface area contributed by atoms with Gasteiger partial charge in [0.05, 0.1) is 18.9 Å². The standard InChI is InChI=1S/C16H23N3O2.HI/c1-17-15(18-10-11-4-2-8-20-11)19-13-12-5-9-21-14(12)16(13)6-3-7-16;/h2,4,8,12-14H,3,5-7,9-10H2,1H3,(H2,17,18,19);1H. The number of rotatable bonds is 3. The molecule has 2 heterocycles. The van der Waals surface area contributed by atoms with Gasteiger partial charge in [0.25, 0.3) is 0 Å². The highest BCUT2D eigenvalue weighted by Crippen LogP contribution is 2.62. The number of nitrogens with one attached hydrogen (secondary N) is 2. The molecule has 1 saturated heterocycles. The van der Waals surface area contributed by atoms with Crippen molar-refractivity contribution in [2.45, 2.75) is 44.4 Å². The average molecular weight is 417 g/mol. The van der Waals surface area contributed by atoms with E-state index in [1.165, 1.54) is 25.7 Å². The third kappa shape index (κ3) is 2.44. The second kappa shape index (κ2) is 6.39. The Balaban J connectivity index is 0.00000144. The summed E-state index contributed by atoms with van der Waals surface area (Å²) in [5.41, 5.74) is 0.378. The molecule has 0 bridgehead atoms. The van der Waals surface area contributed by atoms with Crippen molar-refractivity contribution in [2.24, 2.45) is 16.3 Å². The van der Waals surface area contributed by atoms with Gasteiger partial charge in [0, 0.05) is 31.0 Å². The summed E-state index contributed by atoms with van der Waals surface area (Å²) in [5, 5.41) is 6.99. The van der Waals surface area contributed by atoms with Crippen molar-refractivity contribution in [1.82, 2.24) is 10.6 Å². The summed E-state index contributed by atoms with van der Waals surface area (Å²) >= 11 is 0. The van der Waals surface area contributed by atoms with Crippen LogP contribution in [0, 0.1) is 11.3 Å². The van der Waals surface area contributed by atoms with Crippen LogP contribution in [0.3, 0.4) is 0 Å². The molecule has 4 rings (SSSR count). The van der Waals surface area contributed by atoms with E-state index in [1.54, 1.807) is 6.26 Å². The number of ether oxygens (including phenoxy) is 1. The normalized spacial score (nSPS) is 31.7. The zero-order valence-electron chi connectivity index (χ0n) is 12.9. The summed E-state index contributed by atoms with van der Waals surface area (Å²) in [6, 6.07) is 4.39. The first kappa shape index (κ1) is 16.1. The number of hydrogen-bond donors (Lipinski definition) is 2. The number of aliphatic imine (C=N–C) groups is 1. The molecule has 3 unspecified atom stereocenters. The zero-order valence-corrected chi connectivity index (χ0v) is 15.2. The predicted molar refractivity (Wildman–Crippen MR) is 95.4 cm³/mol. The Morgan fingerprint density at radius 3 is 2.95 bits per heavy atom. The van der Waals surface area contributed by atoms with Crippen molar-refractivity contribution < 1.29 is 9.15 Å². The molecule has 1 spiro atoms. The van der Waals surface area contributed by atoms with Crippen LogP contribution in [0.15, 0.2) is 27.8 Å². The van der Waals surface area contributed by atoms with Crippen molar-refractivity contribution in [1.29, 1.82) is 0 Å². The lowest BCUT2D eigenvalue weighted by molar-refractivity contribution is -0.171. The molecule has 0 amide bonds. The zero-order chi connectivity index (χ0) is 14.3. The lowest BCUT2D eigenvalue weighted by Crippen LogP contribution is -2.72. The Morgan fingerprint density at radius 2 is 2.32 bits per heavy atom. The molecule has 2 aliphatic carbocycles. The van der Waals surface area contributed by atoms with Gasteiger partial charge in [0.1, 0.15) is 5.76 Å². The lowest BCUT2D eigenvalue weighted by Gasteiger charge is -2.63. The van der Waals surface area contributed by atoms with Gasteiger partial charge >= 0.3 is 0 Å². The monoisotopic (exact) mass is 417 g/mol. The van der Waals surface area contributed by atoms with Crippen LogP contribution in [0.25, 0.3) is 0 Å². The molecule has 22 heavy (non-hydrogen) atoms. The lowest BCUT2D eigenvalue weighted by atomic mass is 9.46. The summed E-state index contributed by atoms with van der Waals surface area (Å²) in [4.78, 5) is 4.36. The van der Waals surface area contributed by atoms with Gasteiger partial charge in [-0.25, -0.2) is 0 Å². The van der Waals surface area contributed by atoms with E-state index in [2.05, 4.69) is 15.6 Å². The van der Waals surface area contributed by atoms with Crippen LogP contribution < -0.4 is 10.6 Å². The second-order valence-corrected chi connectivity index (χ2v) is 6.46. The summed E-state index contributed by atoms with van der Waals surface area (Å²) in [5.74, 6) is 2.45. The molecule has 3 atom stereocenters. The summed E-state index contributed by atoms with van der Waals surface area (Å²) < 4.78 is 11.3. The fourth-order valence-electron chi connectivity index (χ4n) is 4.38. The predicted octanol–water partition coefficient (Wildman–Crippen LogP) is 2.52. The van der Waals surface area contributed by atoms with Crippen LogP contribution in [0.2, 0.25) is 0 Å². The Bertz CT molecular complexity index is 528. The first-order chi connectivity index (χ1) is 10.3. The molecule has 3 fully saturated rings. The maximum Gasteiger partial charge on any atom is 0.191 e. The van der Waals surface area contributed by atoms with E-state index in [9.17, 15) is 0 Å². The summed E-state index contributed by atoms with van der Waals surface area (Å²) in [6.45, 7) is 1.59. The second-order valence-electron chi connectivity index (χ2n) is 6.46. The average Bonchev–Trinajstić information content (AvgIpc) is 3.08. The first-order valence-corrected chi connectivity index (χ1v) is 7.95. The Hall–Kier alpha value is -0.760. The Morgan fingerprint density at radius 1 is 1.45 bits per heavy atom. The highest BCUT2D eigenvalue weighted by molar-refractivity contribution is 14.0. The van der Waals surface area contributed by atoms with Gasteiger partial charge in [-0.3, -0.25) is 4.99 Å². The van der Waals surface area contributed by atoms with E-state index in [0.717, 1.165) is 18.3 Å². The number of halogens is 1. The van der Waals surface area contributed by atoms with Crippen LogP contribution in [0.4, 0.5) is 0 Å². The number of fused-ring (bicyclic) bond motifs is 2. The minimum atomic E-state index is 0. The molecule has 0 radical (unpaired) electrons. The SMILES string of the molecule is CN=C(NCc1ccco1)NC1C2CCOC2C12CCC2.I. The van der Waals surface area contributed by atoms with Crippen molar-refractivity contribution in [2.75, 3.05) is 13.7 Å². The van der Waals surface area contributed by atoms with E-state index >= 15 is 0 Å². The summed E-state index contributed by atoms with van der Waals surface area (Å²) in [7, 11) is 1.83. The maximum absolute atomic E-state index is 5.96. The maximum atomic E-state index is 5.96. The fraction of sp³-hybridized carbons (Fsp3) is 0.688. The summed E-state index contributed by atoms with van der Waals surface area (Å²) in [6.07, 6.45) is 7.29. The minimum Gasteiger partial charge on any atom is -0.467 e. The van der Waals surface area contributed by atoms with Gasteiger partial charge in [-0.15, -0.1) is 24.0 Å². The third-order valence-electron chi connectivity index (χ3n) is 5.56. The number of hydrogen-bond acceptors (Lipinski definition) is 3. The van der Waals surface area contributed by atoms with Crippen molar-refractivity contribution in [3.8, 4) is 0 Å². The quantitative estimate of drug-likeness (QED) is 0.451. The van der Waals surface area contributed by atoms with E-state index in [1.807, 2.05) is 19.2 Å². The van der Waals surface area contributed by atoms with Crippen LogP contribution in [0.1, 0.15) is 31.4 Å². The minimum absolute atomic E-state index is 0. The van der Waals surface area contributed by atoms with Gasteiger partial charge < -0.3 is 19.8 Å². The van der Waals surface area contributed by atoms with Gasteiger partial charge in [-0.05, 0) is 31.4 Å². The smallest absolute Gasteiger partial charge is 0.191 e. The molecule has 5 nitrogen and oxygen atoms in total. The Kier molecular flexibility index (Phi) is 4.68. The van der Waals surface area contributed by atoms with Gasteiger partial charge in [0.2, 0.25) is 0 Å². The van der Waals surface area contributed by atoms with Gasteiger partial charge in [-0.2, -0.15) is 0 Å². The molecule has 2 N–H and O–H groups in total. The number of nitrogens with zero attached hydrogens (tertiary/aromatic N) is 1. The molecular formula is C16H24IN3O2. The molecule has 1 aromatic rings. The van der Waals surface area contributed by atoms with Gasteiger partial charge in [-0.1, -0.05) is 6.42 Å². The van der Waals surface area contributed by atoms with E-state index in [4.69, 9.17) is 9.15 Å². The van der Waals surface area contributed by atoms with Crippen LogP contribution in [0.5, 0.6) is 0 Å². The fourth-order valence-corrected chi connectivity index (χ4v) is 4.38. The first-order valence-electron chi connectivity index (χ1n) is 7.95. The number of guanidine groups is 1. The van der Waals surface area contributed by atoms with Crippen molar-refractivity contribution >= 4 is 29.9 Å². The van der Waals surface area contributed by atoms with Crippen LogP contribution in [-0.4, -0.2) is 31.8 Å². The molecule has 122 valence electrons. The molecule has 0 aromatic carbocycles. The third-order valence-corrected chi connectivity index (χ3v) is 5.56. The molecule has 1 aliphatic heterocycles. The molecule has 1 aromatic heterocycles. The largest absolute Gasteiger partial charge is 0.467 e. The molecular weight excluding hydrogens is 393 g/mol. The van der Waals surface area contributed by atoms with Gasteiger partial charge in [0.15, 0.2) is 5.96 Å². The van der Waals surface area contributed by atoms with Crippen LogP contribution >= 0.6 is 24.0 Å². The molecule has 6 heteroatoms. The van der Waals surface area contributed by atoms with Crippen molar-refractivity contribution in [3.05, 3.63) is 24.2 Å². The van der Waals surface area contributed by atoms with Crippen LogP contribution in [-0.2, 0) is 11.3 Å². The highest BCUT2D eigenvalue weighted by atomic mass is 127. The topological polar surface area (TPSA) is 58.8 Å².